The summed E-state index contributed by atoms with van der Waals surface area (Å²) < 4.78 is 13.2. The molecule has 25 heavy (non-hydrogen) atoms. The minimum Gasteiger partial charge on any atom is -0.339 e. The first-order valence-corrected chi connectivity index (χ1v) is 8.64. The summed E-state index contributed by atoms with van der Waals surface area (Å²) in [5.41, 5.74) is 5.80. The Balaban J connectivity index is 0.00000312. The molecule has 1 aliphatic rings. The highest BCUT2D eigenvalue weighted by Gasteiger charge is 2.24. The zero-order valence-electron chi connectivity index (χ0n) is 14.5. The van der Waals surface area contributed by atoms with E-state index in [4.69, 9.17) is 5.73 Å². The number of unbranched alkanes of at least 4 members (excludes halogenated alkanes) is 3. The lowest BCUT2D eigenvalue weighted by Crippen LogP contribution is -2.50. The smallest absolute Gasteiger partial charge is 0.254 e. The Kier molecular flexibility index (Phi) is 9.45. The maximum atomic E-state index is 13.2. The number of nitrogens with zero attached hydrogens (tertiary/aromatic N) is 2. The molecule has 1 fully saturated rings. The van der Waals surface area contributed by atoms with Crippen LogP contribution in [0.25, 0.3) is 0 Å². The lowest BCUT2D eigenvalue weighted by molar-refractivity contribution is -0.132. The number of amides is 2. The Hall–Kier alpha value is -1.66. The van der Waals surface area contributed by atoms with E-state index in [-0.39, 0.29) is 24.2 Å². The highest BCUT2D eigenvalue weighted by Crippen LogP contribution is 2.12. The monoisotopic (exact) mass is 371 g/mol. The summed E-state index contributed by atoms with van der Waals surface area (Å²) in [6.45, 7) is 2.78. The molecule has 2 N–H and O–H groups in total. The van der Waals surface area contributed by atoms with Crippen LogP contribution >= 0.6 is 12.4 Å². The van der Waals surface area contributed by atoms with Gasteiger partial charge in [-0.2, -0.15) is 0 Å². The molecule has 0 unspecified atom stereocenters. The van der Waals surface area contributed by atoms with E-state index in [2.05, 4.69) is 0 Å². The van der Waals surface area contributed by atoms with Gasteiger partial charge in [0.15, 0.2) is 0 Å². The summed E-state index contributed by atoms with van der Waals surface area (Å²) in [5.74, 6) is -0.437. The van der Waals surface area contributed by atoms with E-state index in [1.54, 1.807) is 11.0 Å². The molecule has 0 atom stereocenters. The van der Waals surface area contributed by atoms with Gasteiger partial charge in [0.05, 0.1) is 0 Å². The van der Waals surface area contributed by atoms with Gasteiger partial charge in [0.2, 0.25) is 5.91 Å². The molecule has 1 aromatic carbocycles. The Morgan fingerprint density at radius 3 is 2.28 bits per heavy atom. The maximum Gasteiger partial charge on any atom is 0.254 e. The predicted octanol–water partition coefficient (Wildman–Crippen LogP) is 2.44. The van der Waals surface area contributed by atoms with E-state index in [9.17, 15) is 14.0 Å². The highest BCUT2D eigenvalue weighted by atomic mass is 35.5. The second kappa shape index (κ2) is 11.1. The molecule has 0 spiro atoms. The average Bonchev–Trinajstić information content (AvgIpc) is 2.61. The summed E-state index contributed by atoms with van der Waals surface area (Å²) in [4.78, 5) is 28.0. The number of halogens is 2. The number of nitrogens with two attached hydrogens (primary N) is 1. The van der Waals surface area contributed by atoms with Crippen molar-refractivity contribution >= 4 is 24.2 Å². The number of piperazine rings is 1. The zero-order valence-corrected chi connectivity index (χ0v) is 15.3. The standard InChI is InChI=1S/C18H26FN3O2.ClH/c19-16-7-5-6-15(14-16)18(24)22-12-10-21(11-13-22)17(23)8-3-1-2-4-9-20;/h5-7,14H,1-4,8-13,20H2;1H. The summed E-state index contributed by atoms with van der Waals surface area (Å²) in [7, 11) is 0. The first kappa shape index (κ1) is 21.4. The Morgan fingerprint density at radius 2 is 1.64 bits per heavy atom. The van der Waals surface area contributed by atoms with Crippen LogP contribution in [-0.2, 0) is 4.79 Å². The first-order chi connectivity index (χ1) is 11.6. The number of carbonyl (C=O) groups excluding carboxylic acids is 2. The van der Waals surface area contributed by atoms with Crippen molar-refractivity contribution in [1.29, 1.82) is 0 Å². The summed E-state index contributed by atoms with van der Waals surface area (Å²) in [6, 6.07) is 5.72. The first-order valence-electron chi connectivity index (χ1n) is 8.64. The van der Waals surface area contributed by atoms with E-state index in [0.29, 0.717) is 44.7 Å². The third-order valence-electron chi connectivity index (χ3n) is 4.34. The molecule has 2 amide bonds. The van der Waals surface area contributed by atoms with Crippen molar-refractivity contribution < 1.29 is 14.0 Å². The van der Waals surface area contributed by atoms with Gasteiger partial charge in [-0.05, 0) is 37.6 Å². The van der Waals surface area contributed by atoms with Crippen molar-refractivity contribution in [1.82, 2.24) is 9.80 Å². The lowest BCUT2D eigenvalue weighted by atomic mass is 10.1. The number of hydrogen-bond donors (Lipinski definition) is 1. The minimum atomic E-state index is -0.413. The molecular formula is C18H27ClFN3O2. The molecule has 0 aromatic heterocycles. The fourth-order valence-corrected chi connectivity index (χ4v) is 2.90. The molecule has 5 nitrogen and oxygen atoms in total. The molecule has 1 aromatic rings. The Bertz CT molecular complexity index is 563. The van der Waals surface area contributed by atoms with Crippen molar-refractivity contribution in [3.05, 3.63) is 35.6 Å². The summed E-state index contributed by atoms with van der Waals surface area (Å²) in [5, 5.41) is 0. The molecule has 1 saturated heterocycles. The maximum absolute atomic E-state index is 13.2. The molecule has 0 bridgehead atoms. The van der Waals surface area contributed by atoms with Crippen molar-refractivity contribution in [2.75, 3.05) is 32.7 Å². The fourth-order valence-electron chi connectivity index (χ4n) is 2.90. The fraction of sp³-hybridized carbons (Fsp3) is 0.556. The topological polar surface area (TPSA) is 66.6 Å². The van der Waals surface area contributed by atoms with Gasteiger partial charge in [0.1, 0.15) is 5.82 Å². The summed E-state index contributed by atoms with van der Waals surface area (Å²) in [6.07, 6.45) is 4.55. The Morgan fingerprint density at radius 1 is 1.00 bits per heavy atom. The van der Waals surface area contributed by atoms with Gasteiger partial charge >= 0.3 is 0 Å². The second-order valence-corrected chi connectivity index (χ2v) is 6.14. The second-order valence-electron chi connectivity index (χ2n) is 6.14. The number of hydrogen-bond acceptors (Lipinski definition) is 3. The van der Waals surface area contributed by atoms with E-state index in [1.165, 1.54) is 18.2 Å². The van der Waals surface area contributed by atoms with Crippen molar-refractivity contribution in [2.45, 2.75) is 32.1 Å². The normalized spacial score (nSPS) is 14.2. The third-order valence-corrected chi connectivity index (χ3v) is 4.34. The van der Waals surface area contributed by atoms with Crippen LogP contribution in [0.3, 0.4) is 0 Å². The van der Waals surface area contributed by atoms with Gasteiger partial charge in [-0.15, -0.1) is 12.4 Å². The molecule has 0 aliphatic carbocycles. The SMILES string of the molecule is Cl.NCCCCCCC(=O)N1CCN(C(=O)c2cccc(F)c2)CC1. The molecule has 1 heterocycles. The third kappa shape index (κ3) is 6.63. The zero-order chi connectivity index (χ0) is 17.4. The molecule has 0 radical (unpaired) electrons. The van der Waals surface area contributed by atoms with Gasteiger partial charge < -0.3 is 15.5 Å². The van der Waals surface area contributed by atoms with Crippen molar-refractivity contribution in [3.63, 3.8) is 0 Å². The minimum absolute atomic E-state index is 0. The van der Waals surface area contributed by atoms with E-state index in [0.717, 1.165) is 25.7 Å². The summed E-state index contributed by atoms with van der Waals surface area (Å²) >= 11 is 0. The number of benzene rings is 1. The molecule has 1 aliphatic heterocycles. The largest absolute Gasteiger partial charge is 0.339 e. The highest BCUT2D eigenvalue weighted by molar-refractivity contribution is 5.94. The van der Waals surface area contributed by atoms with E-state index in [1.807, 2.05) is 4.90 Å². The van der Waals surface area contributed by atoms with Gasteiger partial charge in [0.25, 0.3) is 5.91 Å². The van der Waals surface area contributed by atoms with Crippen LogP contribution in [0.5, 0.6) is 0 Å². The quantitative estimate of drug-likeness (QED) is 0.748. The number of carbonyl (C=O) groups is 2. The van der Waals surface area contributed by atoms with Crippen molar-refractivity contribution in [3.8, 4) is 0 Å². The van der Waals surface area contributed by atoms with Crippen molar-refractivity contribution in [2.24, 2.45) is 5.73 Å². The van der Waals surface area contributed by atoms with Crippen LogP contribution < -0.4 is 5.73 Å². The van der Waals surface area contributed by atoms with Gasteiger partial charge in [-0.1, -0.05) is 18.9 Å². The lowest BCUT2D eigenvalue weighted by Gasteiger charge is -2.35. The van der Waals surface area contributed by atoms with Crippen LogP contribution in [0.2, 0.25) is 0 Å². The molecule has 0 saturated carbocycles. The molecule has 2 rings (SSSR count). The number of rotatable bonds is 7. The Labute approximate surface area is 154 Å². The van der Waals surface area contributed by atoms with E-state index < -0.39 is 5.82 Å². The van der Waals surface area contributed by atoms with Gasteiger partial charge in [-0.25, -0.2) is 4.39 Å². The molecule has 7 heteroatoms. The van der Waals surface area contributed by atoms with Crippen LogP contribution in [0.4, 0.5) is 4.39 Å². The average molecular weight is 372 g/mol. The van der Waals surface area contributed by atoms with Crippen LogP contribution in [-0.4, -0.2) is 54.3 Å². The van der Waals surface area contributed by atoms with Crippen LogP contribution in [0, 0.1) is 5.82 Å². The predicted molar refractivity (Wildman–Crippen MR) is 98.3 cm³/mol. The van der Waals surface area contributed by atoms with Crippen LogP contribution in [0.1, 0.15) is 42.5 Å². The molecular weight excluding hydrogens is 345 g/mol. The molecule has 140 valence electrons. The van der Waals surface area contributed by atoms with Gasteiger partial charge in [0, 0.05) is 38.2 Å². The van der Waals surface area contributed by atoms with E-state index >= 15 is 0 Å². The van der Waals surface area contributed by atoms with Gasteiger partial charge in [-0.3, -0.25) is 9.59 Å². The van der Waals surface area contributed by atoms with Crippen LogP contribution in [0.15, 0.2) is 24.3 Å².